The normalized spacial score (nSPS) is 12.1. The summed E-state index contributed by atoms with van der Waals surface area (Å²) in [4.78, 5) is 27.8. The lowest BCUT2D eigenvalue weighted by atomic mass is 10.1. The summed E-state index contributed by atoms with van der Waals surface area (Å²) in [5.74, 6) is -0.738. The van der Waals surface area contributed by atoms with Crippen molar-refractivity contribution >= 4 is 12.0 Å². The molecule has 1 amide bonds. The Morgan fingerprint density at radius 2 is 1.92 bits per heavy atom. The molecule has 0 aliphatic heterocycles. The van der Waals surface area contributed by atoms with Crippen molar-refractivity contribution in [3.63, 3.8) is 0 Å². The first-order valence-electron chi connectivity index (χ1n) is 7.35. The van der Waals surface area contributed by atoms with Gasteiger partial charge in [0.2, 0.25) is 0 Å². The largest absolute Gasteiger partial charge is 0.448 e. The van der Waals surface area contributed by atoms with E-state index in [9.17, 15) is 22.8 Å². The van der Waals surface area contributed by atoms with Gasteiger partial charge >= 0.3 is 12.3 Å². The summed E-state index contributed by atoms with van der Waals surface area (Å²) >= 11 is 0. The molecule has 1 heterocycles. The number of nitrogens with zero attached hydrogens (tertiary/aromatic N) is 2. The molecule has 1 aromatic carbocycles. The molecule has 25 heavy (non-hydrogen) atoms. The molecule has 132 valence electrons. The van der Waals surface area contributed by atoms with Gasteiger partial charge in [0, 0.05) is 11.8 Å². The zero-order valence-electron chi connectivity index (χ0n) is 13.5. The van der Waals surface area contributed by atoms with Crippen molar-refractivity contribution in [2.45, 2.75) is 20.0 Å². The van der Waals surface area contributed by atoms with Gasteiger partial charge in [0.15, 0.2) is 0 Å². The van der Waals surface area contributed by atoms with Gasteiger partial charge in [-0.15, -0.1) is 0 Å². The van der Waals surface area contributed by atoms with Crippen LogP contribution in [-0.4, -0.2) is 23.2 Å². The molecule has 0 N–H and O–H groups in total. The van der Waals surface area contributed by atoms with Gasteiger partial charge in [0.25, 0.3) is 5.91 Å². The standard InChI is InChI=1S/C17H15F3N2O3/c1-3-25-16(24)21-14-8-7-11(2)10-22(14)15(23)12-5-4-6-13(9-12)17(18,19)20/h4-10H,3H2,1-2H3. The molecule has 0 radical (unpaired) electrons. The van der Waals surface area contributed by atoms with Crippen molar-refractivity contribution in [2.75, 3.05) is 6.61 Å². The van der Waals surface area contributed by atoms with Crippen molar-refractivity contribution in [1.82, 2.24) is 4.57 Å². The molecule has 0 aliphatic carbocycles. The van der Waals surface area contributed by atoms with Gasteiger partial charge < -0.3 is 4.74 Å². The molecule has 0 spiro atoms. The van der Waals surface area contributed by atoms with Crippen LogP contribution in [-0.2, 0) is 10.9 Å². The van der Waals surface area contributed by atoms with Crippen LogP contribution in [0.1, 0.15) is 28.4 Å². The van der Waals surface area contributed by atoms with Crippen molar-refractivity contribution < 1.29 is 27.5 Å². The lowest BCUT2D eigenvalue weighted by molar-refractivity contribution is -0.137. The zero-order valence-corrected chi connectivity index (χ0v) is 13.5. The SMILES string of the molecule is CCOC(=O)N=c1ccc(C)cn1C(=O)c1cccc(C(F)(F)F)c1. The minimum Gasteiger partial charge on any atom is -0.448 e. The molecule has 0 saturated carbocycles. The molecule has 1 aromatic heterocycles. The first-order chi connectivity index (χ1) is 11.7. The molecule has 2 aromatic rings. The summed E-state index contributed by atoms with van der Waals surface area (Å²) in [5, 5.41) is 0. The summed E-state index contributed by atoms with van der Waals surface area (Å²) in [6, 6.07) is 7.08. The Kier molecular flexibility index (Phi) is 5.41. The second-order valence-corrected chi connectivity index (χ2v) is 5.13. The predicted octanol–water partition coefficient (Wildman–Crippen LogP) is 3.56. The zero-order chi connectivity index (χ0) is 18.6. The Hall–Kier alpha value is -2.90. The Labute approximate surface area is 141 Å². The number of hydrogen-bond acceptors (Lipinski definition) is 3. The smallest absolute Gasteiger partial charge is 0.435 e. The minimum atomic E-state index is -4.56. The van der Waals surface area contributed by atoms with E-state index in [1.807, 2.05) is 0 Å². The number of amides is 1. The van der Waals surface area contributed by atoms with Gasteiger partial charge in [-0.25, -0.2) is 4.79 Å². The third-order valence-electron chi connectivity index (χ3n) is 3.20. The molecule has 0 fully saturated rings. The van der Waals surface area contributed by atoms with E-state index >= 15 is 0 Å². The lowest BCUT2D eigenvalue weighted by Gasteiger charge is -2.10. The van der Waals surface area contributed by atoms with Crippen LogP contribution < -0.4 is 5.49 Å². The number of carbonyl (C=O) groups excluding carboxylic acids is 2. The van der Waals surface area contributed by atoms with Crippen LogP contribution in [0.5, 0.6) is 0 Å². The number of benzene rings is 1. The number of aryl methyl sites for hydroxylation is 1. The third kappa shape index (κ3) is 4.56. The molecular weight excluding hydrogens is 337 g/mol. The maximum absolute atomic E-state index is 12.8. The summed E-state index contributed by atoms with van der Waals surface area (Å²) in [5.41, 5.74) is -0.476. The van der Waals surface area contributed by atoms with E-state index in [4.69, 9.17) is 4.74 Å². The minimum absolute atomic E-state index is 0.0357. The molecule has 0 aliphatic rings. The Morgan fingerprint density at radius 1 is 1.20 bits per heavy atom. The van der Waals surface area contributed by atoms with E-state index in [0.717, 1.165) is 22.8 Å². The lowest BCUT2D eigenvalue weighted by Crippen LogP contribution is -2.29. The van der Waals surface area contributed by atoms with E-state index in [1.54, 1.807) is 19.9 Å². The number of alkyl halides is 3. The maximum atomic E-state index is 12.8. The third-order valence-corrected chi connectivity index (χ3v) is 3.20. The molecule has 2 rings (SSSR count). The molecule has 0 unspecified atom stereocenters. The number of halogens is 3. The van der Waals surface area contributed by atoms with Crippen molar-refractivity contribution in [3.8, 4) is 0 Å². The monoisotopic (exact) mass is 352 g/mol. The number of rotatable bonds is 2. The fourth-order valence-corrected chi connectivity index (χ4v) is 2.07. The second-order valence-electron chi connectivity index (χ2n) is 5.13. The number of ether oxygens (including phenoxy) is 1. The van der Waals surface area contributed by atoms with Crippen LogP contribution >= 0.6 is 0 Å². The fraction of sp³-hybridized carbons (Fsp3) is 0.235. The van der Waals surface area contributed by atoms with Gasteiger partial charge in [-0.1, -0.05) is 12.1 Å². The van der Waals surface area contributed by atoms with Crippen LogP contribution in [0.2, 0.25) is 0 Å². The highest BCUT2D eigenvalue weighted by atomic mass is 19.4. The highest BCUT2D eigenvalue weighted by Crippen LogP contribution is 2.29. The maximum Gasteiger partial charge on any atom is 0.435 e. The summed E-state index contributed by atoms with van der Waals surface area (Å²) < 4.78 is 44.2. The van der Waals surface area contributed by atoms with Gasteiger partial charge in [0.1, 0.15) is 5.49 Å². The van der Waals surface area contributed by atoms with E-state index in [2.05, 4.69) is 4.99 Å². The van der Waals surface area contributed by atoms with E-state index < -0.39 is 23.7 Å². The molecular formula is C17H15F3N2O3. The predicted molar refractivity (Wildman–Crippen MR) is 82.9 cm³/mol. The Balaban J connectivity index is 2.53. The number of aromatic nitrogens is 1. The van der Waals surface area contributed by atoms with Crippen molar-refractivity contribution in [2.24, 2.45) is 4.99 Å². The van der Waals surface area contributed by atoms with E-state index in [0.29, 0.717) is 5.56 Å². The number of carbonyl (C=O) groups is 2. The fourth-order valence-electron chi connectivity index (χ4n) is 2.07. The highest BCUT2D eigenvalue weighted by Gasteiger charge is 2.31. The summed E-state index contributed by atoms with van der Waals surface area (Å²) in [6.07, 6.45) is -4.07. The van der Waals surface area contributed by atoms with Crippen LogP contribution in [0.15, 0.2) is 47.6 Å². The first kappa shape index (κ1) is 18.4. The van der Waals surface area contributed by atoms with Gasteiger partial charge in [-0.3, -0.25) is 9.36 Å². The highest BCUT2D eigenvalue weighted by molar-refractivity contribution is 5.96. The number of pyridine rings is 1. The Bertz CT molecular complexity index is 870. The van der Waals surface area contributed by atoms with Crippen molar-refractivity contribution in [3.05, 3.63) is 64.8 Å². The second kappa shape index (κ2) is 7.33. The molecule has 8 heteroatoms. The summed E-state index contributed by atoms with van der Waals surface area (Å²) in [6.45, 7) is 3.41. The van der Waals surface area contributed by atoms with Crippen molar-refractivity contribution in [1.29, 1.82) is 0 Å². The van der Waals surface area contributed by atoms with Gasteiger partial charge in [0.05, 0.1) is 12.2 Å². The summed E-state index contributed by atoms with van der Waals surface area (Å²) in [7, 11) is 0. The molecule has 5 nitrogen and oxygen atoms in total. The van der Waals surface area contributed by atoms with Crippen LogP contribution in [0.3, 0.4) is 0 Å². The van der Waals surface area contributed by atoms with Gasteiger partial charge in [-0.2, -0.15) is 18.2 Å². The first-order valence-corrected chi connectivity index (χ1v) is 7.35. The quantitative estimate of drug-likeness (QED) is 0.830. The van der Waals surface area contributed by atoms with E-state index in [1.165, 1.54) is 18.3 Å². The average Bonchev–Trinajstić information content (AvgIpc) is 2.55. The topological polar surface area (TPSA) is 60.7 Å². The molecule has 0 saturated heterocycles. The van der Waals surface area contributed by atoms with Crippen LogP contribution in [0.25, 0.3) is 0 Å². The molecule has 0 atom stereocenters. The van der Waals surface area contributed by atoms with Gasteiger partial charge in [-0.05, 0) is 43.7 Å². The van der Waals surface area contributed by atoms with Crippen LogP contribution in [0.4, 0.5) is 18.0 Å². The van der Waals surface area contributed by atoms with E-state index in [-0.39, 0.29) is 17.7 Å². The number of hydrogen-bond donors (Lipinski definition) is 0. The van der Waals surface area contributed by atoms with Crippen LogP contribution in [0, 0.1) is 6.92 Å². The Morgan fingerprint density at radius 3 is 2.56 bits per heavy atom. The average molecular weight is 352 g/mol. The molecule has 0 bridgehead atoms.